The average Bonchev–Trinajstić information content (AvgIpc) is 3.29. The maximum atomic E-state index is 12.8. The van der Waals surface area contributed by atoms with Crippen LogP contribution in [0.2, 0.25) is 0 Å². The van der Waals surface area contributed by atoms with E-state index in [0.29, 0.717) is 35.4 Å². The second-order valence-corrected chi connectivity index (χ2v) is 6.63. The number of nitrogens with one attached hydrogen (secondary N) is 2. The van der Waals surface area contributed by atoms with Crippen LogP contribution in [0.4, 0.5) is 5.82 Å². The van der Waals surface area contributed by atoms with Gasteiger partial charge in [0.15, 0.2) is 0 Å². The zero-order chi connectivity index (χ0) is 19.7. The number of rotatable bonds is 5. The van der Waals surface area contributed by atoms with Crippen molar-refractivity contribution in [1.82, 2.24) is 19.7 Å². The summed E-state index contributed by atoms with van der Waals surface area (Å²) in [5.74, 6) is 0.907. The van der Waals surface area contributed by atoms with Gasteiger partial charge in [0.25, 0.3) is 11.5 Å². The van der Waals surface area contributed by atoms with Gasteiger partial charge in [0.05, 0.1) is 23.6 Å². The Kier molecular flexibility index (Phi) is 4.68. The molecule has 0 bridgehead atoms. The Morgan fingerprint density at radius 3 is 2.96 bits per heavy atom. The van der Waals surface area contributed by atoms with E-state index in [1.54, 1.807) is 24.3 Å². The lowest BCUT2D eigenvalue weighted by Crippen LogP contribution is -2.21. The molecule has 0 radical (unpaired) electrons. The van der Waals surface area contributed by atoms with Crippen LogP contribution in [0.5, 0.6) is 5.75 Å². The van der Waals surface area contributed by atoms with Crippen LogP contribution in [0.25, 0.3) is 5.95 Å². The number of para-hydroxylation sites is 1. The zero-order valence-corrected chi connectivity index (χ0v) is 15.8. The van der Waals surface area contributed by atoms with E-state index in [1.165, 1.54) is 4.68 Å². The molecule has 0 aliphatic heterocycles. The number of ether oxygens (including phenoxy) is 1. The molecule has 8 nitrogen and oxygen atoms in total. The molecule has 2 heterocycles. The van der Waals surface area contributed by atoms with Crippen molar-refractivity contribution in [3.8, 4) is 11.7 Å². The van der Waals surface area contributed by atoms with Crippen LogP contribution >= 0.6 is 0 Å². The van der Waals surface area contributed by atoms with Gasteiger partial charge in [-0.05, 0) is 45.2 Å². The SMILES string of the molecule is CCOc1ccccc1C(=O)Nc1cc(C)nn1-c1nc2c(c(=O)[nH]1)CCC2. The van der Waals surface area contributed by atoms with Gasteiger partial charge in [0.2, 0.25) is 5.95 Å². The molecule has 8 heteroatoms. The van der Waals surface area contributed by atoms with Crippen molar-refractivity contribution in [2.45, 2.75) is 33.1 Å². The molecule has 0 atom stereocenters. The van der Waals surface area contributed by atoms with Gasteiger partial charge in [0, 0.05) is 11.6 Å². The van der Waals surface area contributed by atoms with Crippen LogP contribution in [0.3, 0.4) is 0 Å². The van der Waals surface area contributed by atoms with Crippen LogP contribution < -0.4 is 15.6 Å². The van der Waals surface area contributed by atoms with E-state index in [4.69, 9.17) is 4.74 Å². The minimum absolute atomic E-state index is 0.148. The fraction of sp³-hybridized carbons (Fsp3) is 0.300. The minimum atomic E-state index is -0.325. The third-order valence-electron chi connectivity index (χ3n) is 4.63. The lowest BCUT2D eigenvalue weighted by molar-refractivity contribution is 0.102. The van der Waals surface area contributed by atoms with Gasteiger partial charge in [-0.15, -0.1) is 0 Å². The quantitative estimate of drug-likeness (QED) is 0.709. The highest BCUT2D eigenvalue weighted by Crippen LogP contribution is 2.22. The highest BCUT2D eigenvalue weighted by molar-refractivity contribution is 6.05. The Labute approximate surface area is 161 Å². The summed E-state index contributed by atoms with van der Waals surface area (Å²) in [5.41, 5.74) is 2.50. The Hall–Kier alpha value is -3.42. The lowest BCUT2D eigenvalue weighted by Gasteiger charge is -2.11. The second kappa shape index (κ2) is 7.30. The third kappa shape index (κ3) is 3.28. The van der Waals surface area contributed by atoms with Crippen LogP contribution in [0, 0.1) is 6.92 Å². The number of nitrogens with zero attached hydrogens (tertiary/aromatic N) is 3. The van der Waals surface area contributed by atoms with E-state index in [0.717, 1.165) is 30.5 Å². The van der Waals surface area contributed by atoms with Crippen molar-refractivity contribution >= 4 is 11.7 Å². The van der Waals surface area contributed by atoms with E-state index >= 15 is 0 Å². The number of H-pyrrole nitrogens is 1. The van der Waals surface area contributed by atoms with Crippen LogP contribution in [-0.4, -0.2) is 32.3 Å². The summed E-state index contributed by atoms with van der Waals surface area (Å²) in [6, 6.07) is 8.77. The van der Waals surface area contributed by atoms with Crippen LogP contribution in [0.15, 0.2) is 35.1 Å². The predicted molar refractivity (Wildman–Crippen MR) is 104 cm³/mol. The molecule has 2 N–H and O–H groups in total. The molecule has 2 aromatic heterocycles. The highest BCUT2D eigenvalue weighted by Gasteiger charge is 2.21. The number of hydrogen-bond donors (Lipinski definition) is 2. The number of fused-ring (bicyclic) bond motifs is 1. The number of carbonyl (C=O) groups excluding carboxylic acids is 1. The van der Waals surface area contributed by atoms with E-state index in [9.17, 15) is 9.59 Å². The van der Waals surface area contributed by atoms with Gasteiger partial charge >= 0.3 is 0 Å². The number of aromatic nitrogens is 4. The van der Waals surface area contributed by atoms with E-state index in [1.807, 2.05) is 19.9 Å². The monoisotopic (exact) mass is 379 g/mol. The number of benzene rings is 1. The molecule has 0 spiro atoms. The second-order valence-electron chi connectivity index (χ2n) is 6.63. The van der Waals surface area contributed by atoms with Crippen molar-refractivity contribution in [3.05, 3.63) is 63.2 Å². The highest BCUT2D eigenvalue weighted by atomic mass is 16.5. The molecule has 4 rings (SSSR count). The first-order valence-electron chi connectivity index (χ1n) is 9.29. The van der Waals surface area contributed by atoms with E-state index in [2.05, 4.69) is 20.4 Å². The van der Waals surface area contributed by atoms with Gasteiger partial charge in [-0.2, -0.15) is 9.78 Å². The molecule has 0 unspecified atom stereocenters. The van der Waals surface area contributed by atoms with Crippen LogP contribution in [-0.2, 0) is 12.8 Å². The molecule has 0 fully saturated rings. The molecule has 1 amide bonds. The predicted octanol–water partition coefficient (Wildman–Crippen LogP) is 2.40. The van der Waals surface area contributed by atoms with Gasteiger partial charge in [-0.25, -0.2) is 4.98 Å². The molecule has 1 aliphatic carbocycles. The fourth-order valence-corrected chi connectivity index (χ4v) is 3.40. The maximum Gasteiger partial charge on any atom is 0.260 e. The first-order valence-corrected chi connectivity index (χ1v) is 9.29. The van der Waals surface area contributed by atoms with E-state index < -0.39 is 0 Å². The summed E-state index contributed by atoms with van der Waals surface area (Å²) < 4.78 is 6.99. The fourth-order valence-electron chi connectivity index (χ4n) is 3.40. The van der Waals surface area contributed by atoms with Gasteiger partial charge in [-0.3, -0.25) is 14.6 Å². The number of aromatic amines is 1. The first kappa shape index (κ1) is 18.0. The summed E-state index contributed by atoms with van der Waals surface area (Å²) in [5, 5.41) is 7.24. The molecule has 1 aliphatic rings. The van der Waals surface area contributed by atoms with Crippen molar-refractivity contribution in [2.24, 2.45) is 0 Å². The molecule has 144 valence electrons. The van der Waals surface area contributed by atoms with Gasteiger partial charge in [0.1, 0.15) is 11.6 Å². The molecular formula is C20H21N5O3. The molecule has 3 aromatic rings. The van der Waals surface area contributed by atoms with Crippen molar-refractivity contribution in [3.63, 3.8) is 0 Å². The summed E-state index contributed by atoms with van der Waals surface area (Å²) in [4.78, 5) is 32.5. The maximum absolute atomic E-state index is 12.8. The third-order valence-corrected chi connectivity index (χ3v) is 4.63. The van der Waals surface area contributed by atoms with Crippen molar-refractivity contribution in [2.75, 3.05) is 11.9 Å². The number of anilines is 1. The standard InChI is InChI=1S/C20H21N5O3/c1-3-28-16-10-5-4-7-14(16)19(27)22-17-11-12(2)24-25(17)20-21-15-9-6-8-13(15)18(26)23-20/h4-5,7,10-11H,3,6,8-9H2,1-2H3,(H,22,27)(H,21,23,26). The Balaban J connectivity index is 1.69. The summed E-state index contributed by atoms with van der Waals surface area (Å²) in [6.07, 6.45) is 2.44. The lowest BCUT2D eigenvalue weighted by atomic mass is 10.2. The average molecular weight is 379 g/mol. The molecule has 0 saturated heterocycles. The Morgan fingerprint density at radius 2 is 2.14 bits per heavy atom. The smallest absolute Gasteiger partial charge is 0.260 e. The number of amides is 1. The first-order chi connectivity index (χ1) is 13.6. The summed E-state index contributed by atoms with van der Waals surface area (Å²) >= 11 is 0. The molecule has 0 saturated carbocycles. The molecular weight excluding hydrogens is 358 g/mol. The molecule has 1 aromatic carbocycles. The summed E-state index contributed by atoms with van der Waals surface area (Å²) in [7, 11) is 0. The van der Waals surface area contributed by atoms with Crippen molar-refractivity contribution in [1.29, 1.82) is 0 Å². The van der Waals surface area contributed by atoms with Crippen LogP contribution in [0.1, 0.15) is 40.7 Å². The topological polar surface area (TPSA) is 102 Å². The largest absolute Gasteiger partial charge is 0.493 e. The number of carbonyl (C=O) groups is 1. The Morgan fingerprint density at radius 1 is 1.32 bits per heavy atom. The van der Waals surface area contributed by atoms with E-state index in [-0.39, 0.29) is 11.5 Å². The Bertz CT molecular complexity index is 1100. The molecule has 28 heavy (non-hydrogen) atoms. The number of aryl methyl sites for hydroxylation is 2. The zero-order valence-electron chi connectivity index (χ0n) is 15.8. The van der Waals surface area contributed by atoms with Gasteiger partial charge < -0.3 is 10.1 Å². The minimum Gasteiger partial charge on any atom is -0.493 e. The normalized spacial score (nSPS) is 12.6. The van der Waals surface area contributed by atoms with Gasteiger partial charge in [-0.1, -0.05) is 12.1 Å². The van der Waals surface area contributed by atoms with Crippen molar-refractivity contribution < 1.29 is 9.53 Å². The number of hydrogen-bond acceptors (Lipinski definition) is 5. The summed E-state index contributed by atoms with van der Waals surface area (Å²) in [6.45, 7) is 4.14.